The number of anilines is 1. The van der Waals surface area contributed by atoms with E-state index in [0.29, 0.717) is 5.69 Å². The molecule has 1 N–H and O–H groups in total. The number of carbonyl (C=O) groups is 1. The Kier molecular flexibility index (Phi) is 4.04. The van der Waals surface area contributed by atoms with Gasteiger partial charge in [0.05, 0.1) is 11.9 Å². The summed E-state index contributed by atoms with van der Waals surface area (Å²) in [4.78, 5) is 15.8. The number of nitrogens with one attached hydrogen (secondary N) is 1. The van der Waals surface area contributed by atoms with E-state index in [9.17, 15) is 4.79 Å². The molecular weight excluding hydrogens is 238 g/mol. The average molecular weight is 249 g/mol. The summed E-state index contributed by atoms with van der Waals surface area (Å²) in [6.07, 6.45) is 4.68. The molecule has 0 aliphatic rings. The van der Waals surface area contributed by atoms with Gasteiger partial charge in [0.25, 0.3) is 5.91 Å². The third kappa shape index (κ3) is 3.51. The molecule has 0 saturated heterocycles. The molecular formula is C15H11N3O. The molecule has 2 aromatic rings. The van der Waals surface area contributed by atoms with Crippen molar-refractivity contribution < 1.29 is 4.79 Å². The van der Waals surface area contributed by atoms with Crippen LogP contribution in [0, 0.1) is 11.3 Å². The first kappa shape index (κ1) is 12.5. The Morgan fingerprint density at radius 3 is 2.63 bits per heavy atom. The fourth-order valence-corrected chi connectivity index (χ4v) is 1.50. The molecule has 1 amide bonds. The predicted molar refractivity (Wildman–Crippen MR) is 72.9 cm³/mol. The van der Waals surface area contributed by atoms with Crippen LogP contribution < -0.4 is 5.32 Å². The summed E-state index contributed by atoms with van der Waals surface area (Å²) in [5, 5.41) is 11.7. The number of aromatic nitrogens is 1. The van der Waals surface area contributed by atoms with Gasteiger partial charge in [-0.05, 0) is 23.8 Å². The van der Waals surface area contributed by atoms with Gasteiger partial charge in [-0.1, -0.05) is 30.3 Å². The van der Waals surface area contributed by atoms with E-state index in [2.05, 4.69) is 10.3 Å². The van der Waals surface area contributed by atoms with Gasteiger partial charge in [0.15, 0.2) is 0 Å². The smallest absolute Gasteiger partial charge is 0.266 e. The van der Waals surface area contributed by atoms with Crippen molar-refractivity contribution in [3.8, 4) is 6.07 Å². The number of hydrogen-bond acceptors (Lipinski definition) is 3. The minimum absolute atomic E-state index is 0.0510. The third-order valence-corrected chi connectivity index (χ3v) is 2.40. The molecule has 0 atom stereocenters. The molecule has 1 aromatic heterocycles. The van der Waals surface area contributed by atoms with Gasteiger partial charge in [-0.25, -0.2) is 0 Å². The van der Waals surface area contributed by atoms with E-state index in [4.69, 9.17) is 5.26 Å². The van der Waals surface area contributed by atoms with Crippen molar-refractivity contribution in [1.82, 2.24) is 4.98 Å². The van der Waals surface area contributed by atoms with E-state index in [0.717, 1.165) is 5.56 Å². The first-order chi connectivity index (χ1) is 9.29. The summed E-state index contributed by atoms with van der Waals surface area (Å²) in [6.45, 7) is 0. The number of nitriles is 1. The van der Waals surface area contributed by atoms with Crippen molar-refractivity contribution in [2.24, 2.45) is 0 Å². The summed E-state index contributed by atoms with van der Waals surface area (Å²) in [5.41, 5.74) is 1.41. The topological polar surface area (TPSA) is 65.8 Å². The predicted octanol–water partition coefficient (Wildman–Crippen LogP) is 2.63. The van der Waals surface area contributed by atoms with Gasteiger partial charge in [-0.2, -0.15) is 5.26 Å². The molecule has 0 saturated carbocycles. The number of amides is 1. The van der Waals surface area contributed by atoms with Crippen LogP contribution in [0.15, 0.2) is 60.4 Å². The monoisotopic (exact) mass is 249 g/mol. The number of pyridine rings is 1. The first-order valence-electron chi connectivity index (χ1n) is 5.68. The van der Waals surface area contributed by atoms with Crippen molar-refractivity contribution in [3.63, 3.8) is 0 Å². The number of carbonyl (C=O) groups excluding carboxylic acids is 1. The maximum atomic E-state index is 11.9. The molecule has 0 spiro atoms. The Morgan fingerprint density at radius 2 is 2.00 bits per heavy atom. The van der Waals surface area contributed by atoms with Crippen LogP contribution in [0.25, 0.3) is 6.08 Å². The zero-order chi connectivity index (χ0) is 13.5. The molecule has 1 heterocycles. The van der Waals surface area contributed by atoms with Gasteiger partial charge < -0.3 is 5.32 Å². The van der Waals surface area contributed by atoms with Crippen LogP contribution in [0.1, 0.15) is 5.56 Å². The first-order valence-corrected chi connectivity index (χ1v) is 5.68. The Morgan fingerprint density at radius 1 is 1.21 bits per heavy atom. The van der Waals surface area contributed by atoms with Gasteiger partial charge in [-0.15, -0.1) is 0 Å². The van der Waals surface area contributed by atoms with E-state index in [-0.39, 0.29) is 5.57 Å². The van der Waals surface area contributed by atoms with E-state index in [1.54, 1.807) is 24.4 Å². The van der Waals surface area contributed by atoms with E-state index < -0.39 is 5.91 Å². The molecule has 0 unspecified atom stereocenters. The van der Waals surface area contributed by atoms with Crippen molar-refractivity contribution in [3.05, 3.63) is 66.0 Å². The average Bonchev–Trinajstić information content (AvgIpc) is 2.47. The number of benzene rings is 1. The molecule has 1 aromatic carbocycles. The fraction of sp³-hybridized carbons (Fsp3) is 0. The van der Waals surface area contributed by atoms with Crippen molar-refractivity contribution >= 4 is 17.7 Å². The van der Waals surface area contributed by atoms with E-state index in [1.165, 1.54) is 6.20 Å². The quantitative estimate of drug-likeness (QED) is 0.671. The second kappa shape index (κ2) is 6.12. The highest BCUT2D eigenvalue weighted by Crippen LogP contribution is 2.09. The lowest BCUT2D eigenvalue weighted by Gasteiger charge is -2.03. The summed E-state index contributed by atoms with van der Waals surface area (Å²) < 4.78 is 0. The normalized spacial score (nSPS) is 10.6. The maximum absolute atomic E-state index is 11.9. The Balaban J connectivity index is 2.17. The lowest BCUT2D eigenvalue weighted by Crippen LogP contribution is -2.13. The highest BCUT2D eigenvalue weighted by molar-refractivity contribution is 6.09. The largest absolute Gasteiger partial charge is 0.320 e. The molecule has 0 aliphatic carbocycles. The molecule has 92 valence electrons. The van der Waals surface area contributed by atoms with Crippen LogP contribution >= 0.6 is 0 Å². The second-order valence-corrected chi connectivity index (χ2v) is 3.78. The summed E-state index contributed by atoms with van der Waals surface area (Å²) in [7, 11) is 0. The number of nitrogens with zero attached hydrogens (tertiary/aromatic N) is 2. The van der Waals surface area contributed by atoms with Crippen molar-refractivity contribution in [1.29, 1.82) is 5.26 Å². The number of hydrogen-bond donors (Lipinski definition) is 1. The molecule has 0 bridgehead atoms. The van der Waals surface area contributed by atoms with Crippen molar-refractivity contribution in [2.75, 3.05) is 5.32 Å². The van der Waals surface area contributed by atoms with Crippen LogP contribution in [0.2, 0.25) is 0 Å². The molecule has 0 aliphatic heterocycles. The molecule has 2 rings (SSSR count). The molecule has 4 heteroatoms. The molecule has 4 nitrogen and oxygen atoms in total. The van der Waals surface area contributed by atoms with Crippen molar-refractivity contribution in [2.45, 2.75) is 0 Å². The van der Waals surface area contributed by atoms with Crippen LogP contribution in [0.3, 0.4) is 0 Å². The maximum Gasteiger partial charge on any atom is 0.266 e. The van der Waals surface area contributed by atoms with Gasteiger partial charge >= 0.3 is 0 Å². The molecule has 19 heavy (non-hydrogen) atoms. The minimum atomic E-state index is -0.445. The van der Waals surface area contributed by atoms with Crippen LogP contribution in [-0.2, 0) is 4.79 Å². The van der Waals surface area contributed by atoms with Gasteiger partial charge in [0.2, 0.25) is 0 Å². The summed E-state index contributed by atoms with van der Waals surface area (Å²) in [6, 6.07) is 14.5. The van der Waals surface area contributed by atoms with E-state index in [1.807, 2.05) is 36.4 Å². The van der Waals surface area contributed by atoms with Gasteiger partial charge in [-0.3, -0.25) is 9.78 Å². The lowest BCUT2D eigenvalue weighted by atomic mass is 10.1. The SMILES string of the molecule is N#CC(=Cc1ccccc1)C(=O)Nc1cccnc1. The van der Waals surface area contributed by atoms with E-state index >= 15 is 0 Å². The van der Waals surface area contributed by atoms with Crippen LogP contribution in [0.5, 0.6) is 0 Å². The number of rotatable bonds is 3. The zero-order valence-corrected chi connectivity index (χ0v) is 10.1. The third-order valence-electron chi connectivity index (χ3n) is 2.40. The Hall–Kier alpha value is -2.93. The fourth-order valence-electron chi connectivity index (χ4n) is 1.50. The summed E-state index contributed by atoms with van der Waals surface area (Å²) in [5.74, 6) is -0.445. The lowest BCUT2D eigenvalue weighted by molar-refractivity contribution is -0.112. The minimum Gasteiger partial charge on any atom is -0.320 e. The Labute approximate surface area is 111 Å². The van der Waals surface area contributed by atoms with Gasteiger partial charge in [0, 0.05) is 6.20 Å². The van der Waals surface area contributed by atoms with Gasteiger partial charge in [0.1, 0.15) is 11.6 Å². The standard InChI is InChI=1S/C15H11N3O/c16-10-13(9-12-5-2-1-3-6-12)15(19)18-14-7-4-8-17-11-14/h1-9,11H,(H,18,19). The Bertz CT molecular complexity index is 627. The molecule has 0 fully saturated rings. The highest BCUT2D eigenvalue weighted by atomic mass is 16.1. The second-order valence-electron chi connectivity index (χ2n) is 3.78. The molecule has 0 radical (unpaired) electrons. The van der Waals surface area contributed by atoms with Crippen LogP contribution in [0.4, 0.5) is 5.69 Å². The zero-order valence-electron chi connectivity index (χ0n) is 10.1. The summed E-state index contributed by atoms with van der Waals surface area (Å²) >= 11 is 0. The van der Waals surface area contributed by atoms with Crippen LogP contribution in [-0.4, -0.2) is 10.9 Å². The highest BCUT2D eigenvalue weighted by Gasteiger charge is 2.09.